The van der Waals surface area contributed by atoms with Crippen LogP contribution >= 0.6 is 11.3 Å². The first-order valence-corrected chi connectivity index (χ1v) is 5.22. The number of rotatable bonds is 3. The van der Waals surface area contributed by atoms with Crippen molar-refractivity contribution in [2.45, 2.75) is 0 Å². The summed E-state index contributed by atoms with van der Waals surface area (Å²) in [7, 11) is 1.40. The van der Waals surface area contributed by atoms with Gasteiger partial charge in [0.2, 0.25) is 5.88 Å². The molecule has 16 heavy (non-hydrogen) atoms. The molecule has 0 saturated heterocycles. The van der Waals surface area contributed by atoms with Crippen LogP contribution in [0.1, 0.15) is 9.67 Å². The number of aromatic carboxylic acids is 1. The lowest BCUT2D eigenvalue weighted by atomic mass is 10.3. The second-order valence-corrected chi connectivity index (χ2v) is 3.90. The van der Waals surface area contributed by atoms with Gasteiger partial charge < -0.3 is 9.84 Å². The molecule has 1 N–H and O–H groups in total. The van der Waals surface area contributed by atoms with Crippen LogP contribution in [0, 0.1) is 0 Å². The molecule has 2 rings (SSSR count). The summed E-state index contributed by atoms with van der Waals surface area (Å²) in [5.41, 5.74) is 0.825. The molecule has 0 unspecified atom stereocenters. The molecule has 0 aliphatic carbocycles. The molecular weight excluding hydrogens is 228 g/mol. The molecule has 6 heteroatoms. The van der Waals surface area contributed by atoms with Gasteiger partial charge in [0, 0.05) is 18.0 Å². The Morgan fingerprint density at radius 2 is 2.12 bits per heavy atom. The first-order chi connectivity index (χ1) is 7.72. The van der Waals surface area contributed by atoms with Gasteiger partial charge >= 0.3 is 5.97 Å². The lowest BCUT2D eigenvalue weighted by molar-refractivity contribution is 0.0698. The van der Waals surface area contributed by atoms with Crippen LogP contribution in [0.25, 0.3) is 10.6 Å². The van der Waals surface area contributed by atoms with Gasteiger partial charge in [0.05, 0.1) is 7.11 Å². The molecule has 0 atom stereocenters. The quantitative estimate of drug-likeness (QED) is 0.881. The van der Waals surface area contributed by atoms with E-state index in [2.05, 4.69) is 9.97 Å². The highest BCUT2D eigenvalue weighted by Crippen LogP contribution is 2.31. The second-order valence-electron chi connectivity index (χ2n) is 2.90. The van der Waals surface area contributed by atoms with E-state index in [1.807, 2.05) is 0 Å². The minimum atomic E-state index is -1.03. The zero-order valence-corrected chi connectivity index (χ0v) is 9.19. The molecule has 0 aliphatic rings. The molecule has 5 nitrogen and oxygen atoms in total. The van der Waals surface area contributed by atoms with Gasteiger partial charge in [-0.25, -0.2) is 9.78 Å². The fraction of sp³-hybridized carbons (Fsp3) is 0.100. The van der Waals surface area contributed by atoms with E-state index >= 15 is 0 Å². The van der Waals surface area contributed by atoms with Crippen LogP contribution in [0.4, 0.5) is 0 Å². The van der Waals surface area contributed by atoms with E-state index in [0.717, 1.165) is 16.9 Å². The van der Waals surface area contributed by atoms with Crippen molar-refractivity contribution in [3.8, 4) is 16.5 Å². The van der Waals surface area contributed by atoms with Gasteiger partial charge in [0.25, 0.3) is 0 Å². The summed E-state index contributed by atoms with van der Waals surface area (Å²) in [5, 5.41) is 9.54. The van der Waals surface area contributed by atoms with Crippen molar-refractivity contribution in [1.82, 2.24) is 9.97 Å². The van der Waals surface area contributed by atoms with E-state index in [0.29, 0.717) is 5.01 Å². The number of carboxylic acid groups (broad SMARTS) is 1. The summed E-state index contributed by atoms with van der Waals surface area (Å²) in [6.45, 7) is 0. The maximum absolute atomic E-state index is 10.9. The van der Waals surface area contributed by atoms with Crippen LogP contribution in [0.2, 0.25) is 0 Å². The molecular formula is C10H8N2O3S. The number of methoxy groups -OCH3 is 1. The van der Waals surface area contributed by atoms with Gasteiger partial charge in [-0.1, -0.05) is 0 Å². The van der Waals surface area contributed by atoms with Gasteiger partial charge in [0.15, 0.2) is 4.88 Å². The monoisotopic (exact) mass is 236 g/mol. The minimum absolute atomic E-state index is 0.106. The summed E-state index contributed by atoms with van der Waals surface area (Å²) >= 11 is 1.08. The summed E-state index contributed by atoms with van der Waals surface area (Å²) in [6, 6.07) is 3.54. The van der Waals surface area contributed by atoms with Gasteiger partial charge in [-0.15, -0.1) is 11.3 Å². The third-order valence-electron chi connectivity index (χ3n) is 1.91. The van der Waals surface area contributed by atoms with Crippen LogP contribution in [-0.2, 0) is 0 Å². The molecule has 0 aliphatic heterocycles. The van der Waals surface area contributed by atoms with Crippen molar-refractivity contribution < 1.29 is 14.6 Å². The lowest BCUT2D eigenvalue weighted by Gasteiger charge is -1.93. The Kier molecular flexibility index (Phi) is 2.82. The molecule has 0 fully saturated rings. The fourth-order valence-electron chi connectivity index (χ4n) is 1.20. The summed E-state index contributed by atoms with van der Waals surface area (Å²) in [5.74, 6) is -0.890. The Balaban J connectivity index is 2.48. The van der Waals surface area contributed by atoms with Crippen molar-refractivity contribution in [1.29, 1.82) is 0 Å². The Hall–Kier alpha value is -1.95. The van der Waals surface area contributed by atoms with Crippen LogP contribution in [-0.4, -0.2) is 28.2 Å². The molecule has 0 spiro atoms. The van der Waals surface area contributed by atoms with Crippen molar-refractivity contribution in [2.75, 3.05) is 7.11 Å². The average Bonchev–Trinajstić information content (AvgIpc) is 2.74. The van der Waals surface area contributed by atoms with Crippen LogP contribution in [0.3, 0.4) is 0 Å². The standard InChI is InChI=1S/C10H8N2O3S/c1-15-8-7(10(13)14)16-9(12-8)6-2-4-11-5-3-6/h2-5H,1H3,(H,13,14). The maximum atomic E-state index is 10.9. The SMILES string of the molecule is COc1nc(-c2ccncc2)sc1C(=O)O. The second kappa shape index (κ2) is 4.28. The molecule has 2 aromatic heterocycles. The highest BCUT2D eigenvalue weighted by atomic mass is 32.1. The van der Waals surface area contributed by atoms with E-state index in [1.165, 1.54) is 7.11 Å². The molecule has 2 heterocycles. The molecule has 82 valence electrons. The third-order valence-corrected chi connectivity index (χ3v) is 2.98. The highest BCUT2D eigenvalue weighted by Gasteiger charge is 2.18. The van der Waals surface area contributed by atoms with Crippen LogP contribution < -0.4 is 4.74 Å². The third kappa shape index (κ3) is 1.87. The Morgan fingerprint density at radius 1 is 1.44 bits per heavy atom. The van der Waals surface area contributed by atoms with Gasteiger partial charge in [-0.2, -0.15) is 0 Å². The number of carboxylic acids is 1. The highest BCUT2D eigenvalue weighted by molar-refractivity contribution is 7.17. The zero-order chi connectivity index (χ0) is 11.5. The summed E-state index contributed by atoms with van der Waals surface area (Å²) in [4.78, 5) is 19.0. The maximum Gasteiger partial charge on any atom is 0.351 e. The first kappa shape index (κ1) is 10.6. The van der Waals surface area contributed by atoms with E-state index in [9.17, 15) is 4.79 Å². The number of thiazole rings is 1. The van der Waals surface area contributed by atoms with Gasteiger partial charge in [0.1, 0.15) is 5.01 Å². The molecule has 2 aromatic rings. The number of carbonyl (C=O) groups is 1. The largest absolute Gasteiger partial charge is 0.480 e. The number of nitrogens with zero attached hydrogens (tertiary/aromatic N) is 2. The Bertz CT molecular complexity index is 510. The predicted molar refractivity (Wildman–Crippen MR) is 58.9 cm³/mol. The van der Waals surface area contributed by atoms with E-state index in [1.54, 1.807) is 24.5 Å². The van der Waals surface area contributed by atoms with Gasteiger partial charge in [-0.3, -0.25) is 4.98 Å². The molecule has 0 radical (unpaired) electrons. The van der Waals surface area contributed by atoms with E-state index in [-0.39, 0.29) is 10.8 Å². The number of hydrogen-bond acceptors (Lipinski definition) is 5. The molecule has 0 amide bonds. The number of aromatic nitrogens is 2. The van der Waals surface area contributed by atoms with E-state index < -0.39 is 5.97 Å². The van der Waals surface area contributed by atoms with Crippen LogP contribution in [0.5, 0.6) is 5.88 Å². The van der Waals surface area contributed by atoms with Crippen LogP contribution in [0.15, 0.2) is 24.5 Å². The minimum Gasteiger partial charge on any atom is -0.480 e. The lowest BCUT2D eigenvalue weighted by Crippen LogP contribution is -1.95. The molecule has 0 aromatic carbocycles. The van der Waals surface area contributed by atoms with Gasteiger partial charge in [-0.05, 0) is 12.1 Å². The summed E-state index contributed by atoms with van der Waals surface area (Å²) < 4.78 is 4.91. The van der Waals surface area contributed by atoms with Crippen molar-refractivity contribution in [2.24, 2.45) is 0 Å². The fourth-order valence-corrected chi connectivity index (χ4v) is 2.08. The molecule has 0 saturated carbocycles. The normalized spacial score (nSPS) is 10.1. The topological polar surface area (TPSA) is 72.3 Å². The summed E-state index contributed by atoms with van der Waals surface area (Å²) in [6.07, 6.45) is 3.26. The van der Waals surface area contributed by atoms with Crippen molar-refractivity contribution in [3.05, 3.63) is 29.4 Å². The van der Waals surface area contributed by atoms with E-state index in [4.69, 9.17) is 9.84 Å². The Labute approximate surface area is 95.4 Å². The van der Waals surface area contributed by atoms with Crippen molar-refractivity contribution in [3.63, 3.8) is 0 Å². The number of hydrogen-bond donors (Lipinski definition) is 1. The molecule has 0 bridgehead atoms. The van der Waals surface area contributed by atoms with Crippen molar-refractivity contribution >= 4 is 17.3 Å². The first-order valence-electron chi connectivity index (χ1n) is 4.41. The smallest absolute Gasteiger partial charge is 0.351 e. The predicted octanol–water partition coefficient (Wildman–Crippen LogP) is 1.91. The zero-order valence-electron chi connectivity index (χ0n) is 8.38. The Morgan fingerprint density at radius 3 is 2.62 bits per heavy atom. The average molecular weight is 236 g/mol. The number of pyridine rings is 1. The number of ether oxygens (including phenoxy) is 1.